The molecule has 0 spiro atoms. The quantitative estimate of drug-likeness (QED) is 0.356. The molecule has 2 heteroatoms. The van der Waals surface area contributed by atoms with Gasteiger partial charge in [-0.2, -0.15) is 0 Å². The molecular formula is C30H41FO. The summed E-state index contributed by atoms with van der Waals surface area (Å²) in [6.45, 7) is 2.79. The van der Waals surface area contributed by atoms with Gasteiger partial charge in [0, 0.05) is 0 Å². The van der Waals surface area contributed by atoms with Gasteiger partial charge in [0.15, 0.2) is 0 Å². The number of benzene rings is 2. The molecule has 4 rings (SSSR count). The van der Waals surface area contributed by atoms with E-state index in [2.05, 4.69) is 25.1 Å². The first kappa shape index (κ1) is 23.3. The van der Waals surface area contributed by atoms with E-state index in [1.165, 1.54) is 94.7 Å². The van der Waals surface area contributed by atoms with Gasteiger partial charge >= 0.3 is 0 Å². The smallest absolute Gasteiger partial charge is 0.123 e. The molecule has 2 aliphatic carbocycles. The van der Waals surface area contributed by atoms with Crippen LogP contribution in [0.15, 0.2) is 48.5 Å². The summed E-state index contributed by atoms with van der Waals surface area (Å²) in [4.78, 5) is 0. The lowest BCUT2D eigenvalue weighted by Gasteiger charge is -2.38. The molecule has 2 aliphatic rings. The Bertz CT molecular complexity index is 798. The van der Waals surface area contributed by atoms with Crippen molar-refractivity contribution in [1.82, 2.24) is 0 Å². The number of halogens is 1. The highest BCUT2D eigenvalue weighted by Gasteiger charge is 2.31. The van der Waals surface area contributed by atoms with E-state index in [-0.39, 0.29) is 5.82 Å². The van der Waals surface area contributed by atoms with Crippen LogP contribution in [-0.2, 0) is 6.61 Å². The van der Waals surface area contributed by atoms with Crippen molar-refractivity contribution in [1.29, 1.82) is 0 Å². The number of ether oxygens (including phenoxy) is 1. The Balaban J connectivity index is 1.22. The summed E-state index contributed by atoms with van der Waals surface area (Å²) in [7, 11) is 0. The average Bonchev–Trinajstić information content (AvgIpc) is 2.85. The average molecular weight is 437 g/mol. The van der Waals surface area contributed by atoms with Crippen molar-refractivity contribution in [2.24, 2.45) is 17.8 Å². The van der Waals surface area contributed by atoms with Gasteiger partial charge in [-0.25, -0.2) is 4.39 Å². The first-order valence-electron chi connectivity index (χ1n) is 13.2. The Morgan fingerprint density at radius 2 is 1.50 bits per heavy atom. The van der Waals surface area contributed by atoms with Crippen LogP contribution in [0.1, 0.15) is 101 Å². The number of hydrogen-bond acceptors (Lipinski definition) is 1. The molecule has 0 saturated heterocycles. The second-order valence-electron chi connectivity index (χ2n) is 10.4. The van der Waals surface area contributed by atoms with E-state index in [9.17, 15) is 4.39 Å². The third-order valence-corrected chi connectivity index (χ3v) is 8.19. The molecule has 2 aromatic carbocycles. The number of hydrogen-bond donors (Lipinski definition) is 0. The van der Waals surface area contributed by atoms with Crippen LogP contribution in [-0.4, -0.2) is 0 Å². The van der Waals surface area contributed by atoms with Gasteiger partial charge in [0.25, 0.3) is 0 Å². The van der Waals surface area contributed by atoms with Crippen molar-refractivity contribution >= 4 is 0 Å². The van der Waals surface area contributed by atoms with Crippen LogP contribution in [0, 0.1) is 23.6 Å². The summed E-state index contributed by atoms with van der Waals surface area (Å²) in [5.41, 5.74) is 2.43. The van der Waals surface area contributed by atoms with E-state index in [0.717, 1.165) is 29.1 Å². The lowest BCUT2D eigenvalue weighted by molar-refractivity contribution is 0.155. The number of unbranched alkanes of at least 4 members (excludes halogenated alkanes) is 2. The van der Waals surface area contributed by atoms with Crippen LogP contribution in [0.4, 0.5) is 4.39 Å². The van der Waals surface area contributed by atoms with E-state index in [4.69, 9.17) is 4.74 Å². The van der Waals surface area contributed by atoms with Gasteiger partial charge in [-0.3, -0.25) is 0 Å². The predicted octanol–water partition coefficient (Wildman–Crippen LogP) is 9.07. The summed E-state index contributed by atoms with van der Waals surface area (Å²) in [6.07, 6.45) is 17.1. The Hall–Kier alpha value is -1.83. The fraction of sp³-hybridized carbons (Fsp3) is 0.600. The molecule has 0 unspecified atom stereocenters. The fourth-order valence-electron chi connectivity index (χ4n) is 6.16. The topological polar surface area (TPSA) is 9.23 Å². The van der Waals surface area contributed by atoms with Gasteiger partial charge in [-0.15, -0.1) is 0 Å². The molecule has 2 aromatic rings. The molecule has 0 N–H and O–H groups in total. The normalized spacial score (nSPS) is 26.1. The largest absolute Gasteiger partial charge is 0.489 e. The van der Waals surface area contributed by atoms with E-state index in [0.29, 0.717) is 12.5 Å². The van der Waals surface area contributed by atoms with Crippen molar-refractivity contribution in [2.75, 3.05) is 0 Å². The zero-order chi connectivity index (χ0) is 22.2. The molecule has 32 heavy (non-hydrogen) atoms. The van der Waals surface area contributed by atoms with Crippen molar-refractivity contribution in [3.8, 4) is 5.75 Å². The van der Waals surface area contributed by atoms with Crippen LogP contribution in [0.3, 0.4) is 0 Å². The molecule has 0 bridgehead atoms. The van der Waals surface area contributed by atoms with Crippen LogP contribution in [0.2, 0.25) is 0 Å². The standard InChI is InChI=1S/C30H41FO/c1-2-3-4-6-23-9-13-25(14-10-23)26-15-17-27(18-16-26)28-7-5-8-30(21-28)32-22-24-11-19-29(31)20-12-24/h5,7-8,11-12,19-21,23,25-27H,2-4,6,9-10,13-18,22H2,1H3. The van der Waals surface area contributed by atoms with Gasteiger partial charge in [-0.05, 0) is 97.6 Å². The summed E-state index contributed by atoms with van der Waals surface area (Å²) < 4.78 is 19.1. The molecule has 0 amide bonds. The lowest BCUT2D eigenvalue weighted by atomic mass is 9.68. The zero-order valence-corrected chi connectivity index (χ0v) is 19.9. The monoisotopic (exact) mass is 436 g/mol. The van der Waals surface area contributed by atoms with E-state index >= 15 is 0 Å². The van der Waals surface area contributed by atoms with Crippen molar-refractivity contribution in [3.63, 3.8) is 0 Å². The molecule has 0 heterocycles. The van der Waals surface area contributed by atoms with Crippen molar-refractivity contribution in [2.45, 2.75) is 96.5 Å². The van der Waals surface area contributed by atoms with E-state index < -0.39 is 0 Å². The highest BCUT2D eigenvalue weighted by Crippen LogP contribution is 2.44. The maximum atomic E-state index is 13.1. The molecule has 0 atom stereocenters. The van der Waals surface area contributed by atoms with E-state index in [1.807, 2.05) is 6.07 Å². The molecule has 0 radical (unpaired) electrons. The van der Waals surface area contributed by atoms with E-state index in [1.54, 1.807) is 12.1 Å². The molecule has 174 valence electrons. The summed E-state index contributed by atoms with van der Waals surface area (Å²) in [5, 5.41) is 0. The van der Waals surface area contributed by atoms with Crippen LogP contribution in [0.5, 0.6) is 5.75 Å². The van der Waals surface area contributed by atoms with Crippen LogP contribution < -0.4 is 4.74 Å². The maximum Gasteiger partial charge on any atom is 0.123 e. The summed E-state index contributed by atoms with van der Waals surface area (Å²) in [5.74, 6) is 4.36. The third-order valence-electron chi connectivity index (χ3n) is 8.19. The van der Waals surface area contributed by atoms with Crippen LogP contribution >= 0.6 is 0 Å². The first-order valence-corrected chi connectivity index (χ1v) is 13.2. The minimum atomic E-state index is -0.202. The second-order valence-corrected chi connectivity index (χ2v) is 10.4. The van der Waals surface area contributed by atoms with Crippen molar-refractivity contribution in [3.05, 3.63) is 65.5 Å². The SMILES string of the molecule is CCCCCC1CCC(C2CCC(c3cccc(OCc4ccc(F)cc4)c3)CC2)CC1. The zero-order valence-electron chi connectivity index (χ0n) is 19.9. The fourth-order valence-corrected chi connectivity index (χ4v) is 6.16. The van der Waals surface area contributed by atoms with Crippen LogP contribution in [0.25, 0.3) is 0 Å². The van der Waals surface area contributed by atoms with Gasteiger partial charge in [0.05, 0.1) is 0 Å². The molecular weight excluding hydrogens is 395 g/mol. The summed E-state index contributed by atoms with van der Waals surface area (Å²) in [6, 6.07) is 15.2. The molecule has 0 aliphatic heterocycles. The van der Waals surface area contributed by atoms with Gasteiger partial charge in [0.2, 0.25) is 0 Å². The molecule has 0 aromatic heterocycles. The second kappa shape index (κ2) is 11.9. The van der Waals surface area contributed by atoms with Gasteiger partial charge in [0.1, 0.15) is 18.2 Å². The predicted molar refractivity (Wildman–Crippen MR) is 131 cm³/mol. The minimum Gasteiger partial charge on any atom is -0.489 e. The molecule has 2 saturated carbocycles. The third kappa shape index (κ3) is 6.59. The lowest BCUT2D eigenvalue weighted by Crippen LogP contribution is -2.25. The minimum absolute atomic E-state index is 0.202. The number of rotatable bonds is 9. The van der Waals surface area contributed by atoms with Gasteiger partial charge < -0.3 is 4.74 Å². The first-order chi connectivity index (χ1) is 15.7. The summed E-state index contributed by atoms with van der Waals surface area (Å²) >= 11 is 0. The maximum absolute atomic E-state index is 13.1. The Morgan fingerprint density at radius 1 is 0.812 bits per heavy atom. The molecule has 2 fully saturated rings. The highest BCUT2D eigenvalue weighted by atomic mass is 19.1. The van der Waals surface area contributed by atoms with Gasteiger partial charge in [-0.1, -0.05) is 69.7 Å². The Labute approximate surface area is 194 Å². The molecule has 1 nitrogen and oxygen atoms in total. The highest BCUT2D eigenvalue weighted by molar-refractivity contribution is 5.31. The van der Waals surface area contributed by atoms with Crippen molar-refractivity contribution < 1.29 is 9.13 Å². The Morgan fingerprint density at radius 3 is 2.19 bits per heavy atom. The Kier molecular flexibility index (Phi) is 8.65.